The van der Waals surface area contributed by atoms with Crippen molar-refractivity contribution in [1.29, 1.82) is 0 Å². The molecular formula is C18H20N4O. The Balaban J connectivity index is 1.98. The van der Waals surface area contributed by atoms with E-state index < -0.39 is 0 Å². The van der Waals surface area contributed by atoms with Crippen LogP contribution in [-0.2, 0) is 6.61 Å². The highest BCUT2D eigenvalue weighted by atomic mass is 16.3. The lowest BCUT2D eigenvalue weighted by Gasteiger charge is -2.29. The van der Waals surface area contributed by atoms with Gasteiger partial charge < -0.3 is 15.4 Å². The number of aliphatic hydroxyl groups excluding tert-OH is 1. The molecule has 1 aliphatic carbocycles. The second-order valence-electron chi connectivity index (χ2n) is 6.25. The number of aromatic nitrogens is 3. The van der Waals surface area contributed by atoms with Crippen LogP contribution in [0.5, 0.6) is 0 Å². The Morgan fingerprint density at radius 3 is 2.70 bits per heavy atom. The third-order valence-electron chi connectivity index (χ3n) is 4.72. The summed E-state index contributed by atoms with van der Waals surface area (Å²) in [4.78, 5) is 9.25. The Morgan fingerprint density at radius 1 is 1.26 bits per heavy atom. The van der Waals surface area contributed by atoms with Crippen molar-refractivity contribution in [3.63, 3.8) is 0 Å². The Kier molecular flexibility index (Phi) is 3.31. The molecule has 0 spiro atoms. The van der Waals surface area contributed by atoms with Crippen molar-refractivity contribution in [1.82, 2.24) is 14.5 Å². The Morgan fingerprint density at radius 2 is 2.09 bits per heavy atom. The maximum atomic E-state index is 9.21. The van der Waals surface area contributed by atoms with Crippen LogP contribution in [0.2, 0.25) is 0 Å². The Hall–Kier alpha value is -2.40. The molecule has 0 radical (unpaired) electrons. The van der Waals surface area contributed by atoms with Gasteiger partial charge in [-0.15, -0.1) is 0 Å². The monoisotopic (exact) mass is 308 g/mol. The molecule has 0 bridgehead atoms. The largest absolute Gasteiger partial charge is 0.396 e. The lowest BCUT2D eigenvalue weighted by Crippen LogP contribution is -2.18. The van der Waals surface area contributed by atoms with Gasteiger partial charge in [-0.25, -0.2) is 4.98 Å². The van der Waals surface area contributed by atoms with Gasteiger partial charge in [0.25, 0.3) is 0 Å². The number of fused-ring (bicyclic) bond motifs is 1. The molecule has 0 saturated heterocycles. The second-order valence-corrected chi connectivity index (χ2v) is 6.25. The summed E-state index contributed by atoms with van der Waals surface area (Å²) in [6.45, 7) is 2.00. The zero-order valence-corrected chi connectivity index (χ0v) is 13.2. The smallest absolute Gasteiger partial charge is 0.143 e. The molecule has 0 unspecified atom stereocenters. The molecule has 5 heteroatoms. The summed E-state index contributed by atoms with van der Waals surface area (Å²) in [5.74, 6) is 0. The first-order valence-corrected chi connectivity index (χ1v) is 8.02. The normalized spacial score (nSPS) is 15.0. The number of rotatable bonds is 3. The summed E-state index contributed by atoms with van der Waals surface area (Å²) in [6, 6.07) is 8.31. The summed E-state index contributed by atoms with van der Waals surface area (Å²) < 4.78 is 2.27. The molecule has 0 aliphatic heterocycles. The van der Waals surface area contributed by atoms with Gasteiger partial charge in [0.2, 0.25) is 0 Å². The van der Waals surface area contributed by atoms with Crippen LogP contribution in [0.25, 0.3) is 22.4 Å². The second kappa shape index (κ2) is 5.35. The molecule has 1 saturated carbocycles. The highest BCUT2D eigenvalue weighted by Gasteiger charge is 2.28. The van der Waals surface area contributed by atoms with Gasteiger partial charge in [-0.05, 0) is 49.9 Å². The fourth-order valence-electron chi connectivity index (χ4n) is 3.22. The van der Waals surface area contributed by atoms with Gasteiger partial charge in [0.15, 0.2) is 0 Å². The van der Waals surface area contributed by atoms with Crippen LogP contribution in [0.3, 0.4) is 0 Å². The Labute approximate surface area is 134 Å². The number of aryl methyl sites for hydroxylation is 1. The number of pyridine rings is 2. The average Bonchev–Trinajstić information content (AvgIpc) is 2.78. The molecule has 1 fully saturated rings. The molecule has 0 amide bonds. The minimum atomic E-state index is -0.00484. The van der Waals surface area contributed by atoms with E-state index in [4.69, 9.17) is 10.7 Å². The first-order valence-electron chi connectivity index (χ1n) is 8.02. The summed E-state index contributed by atoms with van der Waals surface area (Å²) in [5, 5.41) is 10.2. The van der Waals surface area contributed by atoms with E-state index in [1.807, 2.05) is 31.2 Å². The van der Waals surface area contributed by atoms with Crippen LogP contribution >= 0.6 is 0 Å². The Bertz CT molecular complexity index is 863. The van der Waals surface area contributed by atoms with Crippen molar-refractivity contribution in [3.05, 3.63) is 41.7 Å². The van der Waals surface area contributed by atoms with E-state index in [-0.39, 0.29) is 6.61 Å². The quantitative estimate of drug-likeness (QED) is 0.779. The van der Waals surface area contributed by atoms with Crippen LogP contribution in [0.4, 0.5) is 5.69 Å². The van der Waals surface area contributed by atoms with Crippen LogP contribution in [0.15, 0.2) is 30.5 Å². The van der Waals surface area contributed by atoms with Gasteiger partial charge >= 0.3 is 0 Å². The molecule has 4 rings (SSSR count). The van der Waals surface area contributed by atoms with E-state index in [1.54, 1.807) is 6.20 Å². The summed E-state index contributed by atoms with van der Waals surface area (Å²) >= 11 is 0. The van der Waals surface area contributed by atoms with Gasteiger partial charge in [0.05, 0.1) is 23.7 Å². The first kappa shape index (κ1) is 14.2. The van der Waals surface area contributed by atoms with E-state index in [9.17, 15) is 5.11 Å². The summed E-state index contributed by atoms with van der Waals surface area (Å²) in [6.07, 6.45) is 5.25. The predicted octanol–water partition coefficient (Wildman–Crippen LogP) is 3.21. The van der Waals surface area contributed by atoms with Crippen molar-refractivity contribution in [2.45, 2.75) is 38.8 Å². The third-order valence-corrected chi connectivity index (χ3v) is 4.72. The van der Waals surface area contributed by atoms with Crippen LogP contribution < -0.4 is 5.73 Å². The van der Waals surface area contributed by atoms with Gasteiger partial charge in [-0.3, -0.25) is 4.98 Å². The van der Waals surface area contributed by atoms with Gasteiger partial charge in [-0.2, -0.15) is 0 Å². The molecule has 3 heterocycles. The maximum absolute atomic E-state index is 9.21. The summed E-state index contributed by atoms with van der Waals surface area (Å²) in [5.41, 5.74) is 11.7. The highest BCUT2D eigenvalue weighted by molar-refractivity contribution is 5.98. The number of nitrogens with two attached hydrogens (primary N) is 1. The fourth-order valence-corrected chi connectivity index (χ4v) is 3.22. The lowest BCUT2D eigenvalue weighted by molar-refractivity contribution is 0.281. The number of anilines is 1. The standard InChI is InChI=1S/C18H20N4O/c1-11-5-7-14-16(19)17(15-8-6-12(10-23)9-20-15)22(18(14)21-11)13-3-2-4-13/h5-9,13,23H,2-4,10,19H2,1H3. The lowest BCUT2D eigenvalue weighted by atomic mass is 9.92. The van der Waals surface area contributed by atoms with Gasteiger partial charge in [-0.1, -0.05) is 6.07 Å². The number of aliphatic hydroxyl groups is 1. The molecule has 0 aromatic carbocycles. The minimum absolute atomic E-state index is 0.00484. The number of hydrogen-bond donors (Lipinski definition) is 2. The third kappa shape index (κ3) is 2.19. The number of hydrogen-bond acceptors (Lipinski definition) is 4. The zero-order valence-electron chi connectivity index (χ0n) is 13.2. The van der Waals surface area contributed by atoms with Crippen LogP contribution in [0.1, 0.15) is 36.6 Å². The topological polar surface area (TPSA) is 77.0 Å². The molecular weight excluding hydrogens is 288 g/mol. The van der Waals surface area contributed by atoms with E-state index in [0.29, 0.717) is 6.04 Å². The first-order chi connectivity index (χ1) is 11.2. The van der Waals surface area contributed by atoms with Crippen molar-refractivity contribution in [2.75, 3.05) is 5.73 Å². The molecule has 118 valence electrons. The molecule has 3 aromatic heterocycles. The highest BCUT2D eigenvalue weighted by Crippen LogP contribution is 2.42. The van der Waals surface area contributed by atoms with E-state index >= 15 is 0 Å². The molecule has 23 heavy (non-hydrogen) atoms. The fraction of sp³-hybridized carbons (Fsp3) is 0.333. The minimum Gasteiger partial charge on any atom is -0.396 e. The van der Waals surface area contributed by atoms with Crippen molar-refractivity contribution >= 4 is 16.7 Å². The number of nitrogens with zero attached hydrogens (tertiary/aromatic N) is 3. The van der Waals surface area contributed by atoms with E-state index in [0.717, 1.165) is 52.2 Å². The van der Waals surface area contributed by atoms with Crippen molar-refractivity contribution in [2.24, 2.45) is 0 Å². The van der Waals surface area contributed by atoms with E-state index in [1.165, 1.54) is 6.42 Å². The van der Waals surface area contributed by atoms with Crippen molar-refractivity contribution < 1.29 is 5.11 Å². The van der Waals surface area contributed by atoms with Gasteiger partial charge in [0, 0.05) is 23.3 Å². The van der Waals surface area contributed by atoms with E-state index in [2.05, 4.69) is 9.55 Å². The number of nitrogen functional groups attached to an aromatic ring is 1. The van der Waals surface area contributed by atoms with Crippen LogP contribution in [0, 0.1) is 6.92 Å². The molecule has 3 aromatic rings. The van der Waals surface area contributed by atoms with Crippen LogP contribution in [-0.4, -0.2) is 19.6 Å². The average molecular weight is 308 g/mol. The van der Waals surface area contributed by atoms with Crippen molar-refractivity contribution in [3.8, 4) is 11.4 Å². The molecule has 3 N–H and O–H groups in total. The maximum Gasteiger partial charge on any atom is 0.143 e. The SMILES string of the molecule is Cc1ccc2c(N)c(-c3ccc(CO)cn3)n(C3CCC3)c2n1. The molecule has 0 atom stereocenters. The summed E-state index contributed by atoms with van der Waals surface area (Å²) in [7, 11) is 0. The molecule has 5 nitrogen and oxygen atoms in total. The predicted molar refractivity (Wildman–Crippen MR) is 90.9 cm³/mol. The zero-order chi connectivity index (χ0) is 16.0. The molecule has 1 aliphatic rings. The van der Waals surface area contributed by atoms with Gasteiger partial charge in [0.1, 0.15) is 5.65 Å².